The molecule has 0 N–H and O–H groups in total. The van der Waals surface area contributed by atoms with E-state index in [0.717, 1.165) is 17.1 Å². The predicted octanol–water partition coefficient (Wildman–Crippen LogP) is 19.3. The highest BCUT2D eigenvalue weighted by Crippen LogP contribution is 2.55. The van der Waals surface area contributed by atoms with Crippen molar-refractivity contribution in [3.8, 4) is 55.6 Å². The fourth-order valence-corrected chi connectivity index (χ4v) is 12.2. The third kappa shape index (κ3) is 7.16. The Morgan fingerprint density at radius 3 is 0.971 bits per heavy atom. The molecule has 0 bridgehead atoms. The van der Waals surface area contributed by atoms with E-state index < -0.39 is 0 Å². The van der Waals surface area contributed by atoms with E-state index in [4.69, 9.17) is 0 Å². The highest BCUT2D eigenvalue weighted by Gasteiger charge is 2.40. The summed E-state index contributed by atoms with van der Waals surface area (Å²) in [7, 11) is 0. The van der Waals surface area contributed by atoms with Gasteiger partial charge in [0.25, 0.3) is 0 Å². The largest absolute Gasteiger partial charge is 0.310 e. The molecule has 1 heteroatoms. The van der Waals surface area contributed by atoms with E-state index in [0.29, 0.717) is 0 Å². The molecule has 0 spiro atoms. The summed E-state index contributed by atoms with van der Waals surface area (Å²) >= 11 is 0. The Morgan fingerprint density at radius 2 is 0.600 bits per heavy atom. The van der Waals surface area contributed by atoms with Gasteiger partial charge in [-0.25, -0.2) is 0 Å². The number of fused-ring (bicyclic) bond motifs is 9. The van der Waals surface area contributed by atoms with Crippen LogP contribution in [0.1, 0.15) is 154 Å². The molecule has 0 aliphatic heterocycles. The Labute approximate surface area is 419 Å². The second-order valence-electron chi connectivity index (χ2n) is 25.6. The lowest BCUT2D eigenvalue weighted by molar-refractivity contribution is 0.584. The van der Waals surface area contributed by atoms with Gasteiger partial charge in [0.2, 0.25) is 0 Å². The second kappa shape index (κ2) is 15.3. The van der Waals surface area contributed by atoms with Crippen LogP contribution in [0, 0.1) is 0 Å². The number of nitrogens with zero attached hydrogens (tertiary/aromatic N) is 1. The molecule has 8 aromatic carbocycles. The van der Waals surface area contributed by atoms with Gasteiger partial charge in [0.15, 0.2) is 0 Å². The predicted molar refractivity (Wildman–Crippen MR) is 301 cm³/mol. The van der Waals surface area contributed by atoms with E-state index in [-0.39, 0.29) is 32.5 Å². The van der Waals surface area contributed by atoms with Gasteiger partial charge in [-0.3, -0.25) is 0 Å². The van der Waals surface area contributed by atoms with Crippen molar-refractivity contribution in [3.63, 3.8) is 0 Å². The van der Waals surface area contributed by atoms with Crippen LogP contribution in [0.5, 0.6) is 0 Å². The lowest BCUT2D eigenvalue weighted by atomic mass is 9.78. The van der Waals surface area contributed by atoms with Crippen LogP contribution in [0.3, 0.4) is 0 Å². The van der Waals surface area contributed by atoms with Crippen molar-refractivity contribution < 1.29 is 0 Å². The van der Waals surface area contributed by atoms with E-state index in [1.54, 1.807) is 0 Å². The fourth-order valence-electron chi connectivity index (χ4n) is 12.2. The Morgan fingerprint density at radius 1 is 0.271 bits per heavy atom. The van der Waals surface area contributed by atoms with E-state index in [1.165, 1.54) is 106 Å². The van der Waals surface area contributed by atoms with Crippen LogP contribution in [-0.4, -0.2) is 0 Å². The standard InChI is InChI=1S/C69H71N/c1-64(2,3)46-23-29-54-52-27-21-42(36-58(52)67(10,11)60(54)38-46)44-33-45(43-22-28-53-55-30-24-47(65(4,5)6)39-61(55)68(12,13)59(53)37-43)35-51(34-44)70(49-19-17-16-18-20-49)50-26-32-57-56-31-25-48(66(7,8)9)40-62(56)69(14,15)63(57)41-50/h16-41H,1-15H3. The molecule has 0 heterocycles. The molecule has 70 heavy (non-hydrogen) atoms. The topological polar surface area (TPSA) is 3.24 Å². The second-order valence-corrected chi connectivity index (χ2v) is 25.6. The van der Waals surface area contributed by atoms with Gasteiger partial charge in [0.1, 0.15) is 0 Å². The maximum Gasteiger partial charge on any atom is 0.0473 e. The molecule has 11 rings (SSSR count). The van der Waals surface area contributed by atoms with Crippen molar-refractivity contribution >= 4 is 17.1 Å². The van der Waals surface area contributed by atoms with Crippen LogP contribution in [-0.2, 0) is 32.5 Å². The van der Waals surface area contributed by atoms with Crippen LogP contribution in [0.2, 0.25) is 0 Å². The van der Waals surface area contributed by atoms with E-state index in [1.807, 2.05) is 0 Å². The molecule has 0 unspecified atom stereocenters. The third-order valence-electron chi connectivity index (χ3n) is 16.7. The molecule has 0 fully saturated rings. The Balaban J connectivity index is 1.10. The fraction of sp³-hybridized carbons (Fsp3) is 0.304. The van der Waals surface area contributed by atoms with Crippen molar-refractivity contribution in [2.75, 3.05) is 4.90 Å². The van der Waals surface area contributed by atoms with E-state index in [2.05, 4.69) is 266 Å². The molecular weight excluding hydrogens is 843 g/mol. The van der Waals surface area contributed by atoms with Crippen molar-refractivity contribution in [1.29, 1.82) is 0 Å². The summed E-state index contributed by atoms with van der Waals surface area (Å²) in [6.45, 7) is 35.4. The van der Waals surface area contributed by atoms with Crippen LogP contribution in [0.25, 0.3) is 55.6 Å². The normalized spacial score (nSPS) is 15.7. The van der Waals surface area contributed by atoms with Crippen LogP contribution in [0.15, 0.2) is 158 Å². The number of hydrogen-bond acceptors (Lipinski definition) is 1. The van der Waals surface area contributed by atoms with Gasteiger partial charge in [0, 0.05) is 33.3 Å². The van der Waals surface area contributed by atoms with Gasteiger partial charge in [0.05, 0.1) is 0 Å². The lowest BCUT2D eigenvalue weighted by Gasteiger charge is -2.29. The molecule has 352 valence electrons. The summed E-state index contributed by atoms with van der Waals surface area (Å²) in [5.41, 5.74) is 28.7. The van der Waals surface area contributed by atoms with Crippen molar-refractivity contribution in [2.45, 2.75) is 136 Å². The lowest BCUT2D eigenvalue weighted by Crippen LogP contribution is -2.18. The maximum atomic E-state index is 2.50. The smallest absolute Gasteiger partial charge is 0.0473 e. The Kier molecular flexibility index (Phi) is 10.0. The third-order valence-corrected chi connectivity index (χ3v) is 16.7. The summed E-state index contributed by atoms with van der Waals surface area (Å²) in [5.74, 6) is 0. The molecule has 0 atom stereocenters. The first kappa shape index (κ1) is 46.0. The van der Waals surface area contributed by atoms with Crippen molar-refractivity contribution in [3.05, 3.63) is 208 Å². The minimum absolute atomic E-state index is 0.0700. The quantitative estimate of drug-likeness (QED) is 0.166. The van der Waals surface area contributed by atoms with Gasteiger partial charge in [-0.2, -0.15) is 0 Å². The molecule has 3 aliphatic carbocycles. The Bertz CT molecular complexity index is 3300. The SMILES string of the molecule is CC(C)(C)c1ccc2c(c1)C(C)(C)c1cc(-c3cc(-c4ccc5c(c4)C(C)(C)c4cc(C(C)(C)C)ccc4-5)cc(N(c4ccccc4)c4ccc5c(c4)C(C)(C)c4cc(C(C)(C)C)ccc4-5)c3)ccc1-2. The first-order valence-corrected chi connectivity index (χ1v) is 25.7. The van der Waals surface area contributed by atoms with Crippen LogP contribution < -0.4 is 4.90 Å². The van der Waals surface area contributed by atoms with Crippen LogP contribution in [0.4, 0.5) is 17.1 Å². The number of para-hydroxylation sites is 1. The minimum Gasteiger partial charge on any atom is -0.310 e. The highest BCUT2D eigenvalue weighted by atomic mass is 15.1. The molecule has 0 saturated carbocycles. The first-order chi connectivity index (χ1) is 32.8. The molecule has 0 amide bonds. The summed E-state index contributed by atoms with van der Waals surface area (Å²) in [5, 5.41) is 0. The van der Waals surface area contributed by atoms with Crippen LogP contribution >= 0.6 is 0 Å². The highest BCUT2D eigenvalue weighted by molar-refractivity contribution is 5.91. The summed E-state index contributed by atoms with van der Waals surface area (Å²) in [6.07, 6.45) is 0. The van der Waals surface area contributed by atoms with Gasteiger partial charge in [-0.15, -0.1) is 0 Å². The number of benzene rings is 8. The van der Waals surface area contributed by atoms with Gasteiger partial charge in [-0.05, 0) is 177 Å². The first-order valence-electron chi connectivity index (χ1n) is 25.7. The maximum absolute atomic E-state index is 2.50. The van der Waals surface area contributed by atoms with Crippen molar-refractivity contribution in [2.24, 2.45) is 0 Å². The molecular formula is C69H71N. The number of rotatable bonds is 5. The summed E-state index contributed by atoms with van der Waals surface area (Å²) in [4.78, 5) is 2.50. The zero-order valence-electron chi connectivity index (χ0n) is 44.5. The molecule has 0 aromatic heterocycles. The van der Waals surface area contributed by atoms with E-state index in [9.17, 15) is 0 Å². The molecule has 8 aromatic rings. The molecule has 3 aliphatic rings. The van der Waals surface area contributed by atoms with Gasteiger partial charge < -0.3 is 4.90 Å². The number of anilines is 3. The van der Waals surface area contributed by atoms with Gasteiger partial charge >= 0.3 is 0 Å². The zero-order chi connectivity index (χ0) is 49.7. The van der Waals surface area contributed by atoms with Gasteiger partial charge in [-0.1, -0.05) is 207 Å². The van der Waals surface area contributed by atoms with E-state index >= 15 is 0 Å². The average Bonchev–Trinajstić information content (AvgIpc) is 3.79. The number of hydrogen-bond donors (Lipinski definition) is 0. The average molecular weight is 914 g/mol. The minimum atomic E-state index is -0.164. The monoisotopic (exact) mass is 914 g/mol. The Hall–Kier alpha value is -6.44. The molecule has 0 saturated heterocycles. The zero-order valence-corrected chi connectivity index (χ0v) is 44.5. The summed E-state index contributed by atoms with van der Waals surface area (Å²) < 4.78 is 0. The molecule has 0 radical (unpaired) electrons. The molecule has 1 nitrogen and oxygen atoms in total. The van der Waals surface area contributed by atoms with Crippen molar-refractivity contribution in [1.82, 2.24) is 0 Å². The summed E-state index contributed by atoms with van der Waals surface area (Å²) in [6, 6.07) is 61.6.